The fraction of sp³-hybridized carbons (Fsp3) is 0. The normalized spacial score (nSPS) is 0. The van der Waals surface area contributed by atoms with Gasteiger partial charge in [0.05, 0.1) is 0 Å². The largest absolute Gasteiger partial charge is 0 e. The van der Waals surface area contributed by atoms with Crippen LogP contribution in [-0.2, 0) is 26.2 Å². The van der Waals surface area contributed by atoms with Gasteiger partial charge in [-0.1, -0.05) is 0 Å². The Morgan fingerprint density at radius 1 is 1.00 bits per heavy atom. The molecule has 0 spiro atoms. The van der Waals surface area contributed by atoms with Crippen LogP contribution in [0.25, 0.3) is 0 Å². The van der Waals surface area contributed by atoms with E-state index in [1.54, 1.807) is 0 Å². The summed E-state index contributed by atoms with van der Waals surface area (Å²) in [6.45, 7) is 0. The van der Waals surface area contributed by atoms with Crippen LogP contribution in [0.1, 0.15) is 0 Å². The van der Waals surface area contributed by atoms with Crippen molar-refractivity contribution in [1.29, 1.82) is 0 Å². The zero-order valence-electron chi connectivity index (χ0n) is 1.99. The fourth-order valence-electron chi connectivity index (χ4n) is 0. The smallest absolute Gasteiger partial charge is 0 e. The summed E-state index contributed by atoms with van der Waals surface area (Å²) in [5.41, 5.74) is 0. The van der Waals surface area contributed by atoms with Crippen molar-refractivity contribution < 1.29 is 102 Å². The monoisotopic (exact) mass is 591 g/mol. The summed E-state index contributed by atoms with van der Waals surface area (Å²) in [6.07, 6.45) is 0. The molecule has 0 rings (SSSR count). The molecule has 0 aromatic rings. The average molecular weight is 590 g/mol. The average Bonchev–Trinajstić information content (AvgIpc) is 0. The van der Waals surface area contributed by atoms with Crippen molar-refractivity contribution in [2.24, 2.45) is 0 Å². The summed E-state index contributed by atoms with van der Waals surface area (Å²) in [5.74, 6) is 0. The Bertz CT molecular complexity index is 8.00. The summed E-state index contributed by atoms with van der Waals surface area (Å²) >= 11 is 0. The van der Waals surface area contributed by atoms with Crippen LogP contribution < -0.4 is 0 Å². The van der Waals surface area contributed by atoms with E-state index in [0.29, 0.717) is 0 Å². The molecule has 0 amide bonds. The standard InChI is InChI=1S/La.Te.Th.Zr. The number of hydrogen-bond donors (Lipinski definition) is 0. The summed E-state index contributed by atoms with van der Waals surface area (Å²) in [7, 11) is 0. The van der Waals surface area contributed by atoms with Crippen LogP contribution in [0.3, 0.4) is 0 Å². The molecule has 0 saturated heterocycles. The summed E-state index contributed by atoms with van der Waals surface area (Å²) in [5, 5.41) is 0. The first-order chi connectivity index (χ1) is 0. The van der Waals surface area contributed by atoms with Crippen molar-refractivity contribution in [2.75, 3.05) is 0 Å². The molecule has 0 N–H and O–H groups in total. The first kappa shape index (κ1) is 24.1. The van der Waals surface area contributed by atoms with Gasteiger partial charge in [-0.25, -0.2) is 0 Å². The van der Waals surface area contributed by atoms with Gasteiger partial charge in [0.15, 0.2) is 0 Å². The van der Waals surface area contributed by atoms with E-state index in [1.807, 2.05) is 0 Å². The molecular weight excluding hydrogens is 590 g/mol. The molecule has 0 aliphatic rings. The second kappa shape index (κ2) is 15.7. The first-order valence-electron chi connectivity index (χ1n) is 0. The SMILES string of the molecule is [La].[Te].[Th].[Zr]. The third-order valence-corrected chi connectivity index (χ3v) is 0. The van der Waals surface area contributed by atoms with Crippen molar-refractivity contribution in [1.82, 2.24) is 0 Å². The molecule has 0 aromatic carbocycles. The third-order valence-electron chi connectivity index (χ3n) is 0. The summed E-state index contributed by atoms with van der Waals surface area (Å²) < 4.78 is 0. The minimum absolute atomic E-state index is 0. The Balaban J connectivity index is 0. The minimum atomic E-state index is 0. The van der Waals surface area contributed by atoms with Crippen molar-refractivity contribution in [3.8, 4) is 0 Å². The van der Waals surface area contributed by atoms with Crippen molar-refractivity contribution in [3.05, 3.63) is 0 Å². The van der Waals surface area contributed by atoms with E-state index in [4.69, 9.17) is 0 Å². The Morgan fingerprint density at radius 2 is 1.00 bits per heavy atom. The van der Waals surface area contributed by atoms with E-state index in [1.165, 1.54) is 0 Å². The van der Waals surface area contributed by atoms with E-state index in [9.17, 15) is 0 Å². The van der Waals surface area contributed by atoms with Crippen molar-refractivity contribution in [2.45, 2.75) is 0 Å². The third kappa shape index (κ3) is 9.50. The maximum Gasteiger partial charge on any atom is 0 e. The molecule has 4 heteroatoms. The number of rotatable bonds is 0. The first-order valence-corrected chi connectivity index (χ1v) is 0. The van der Waals surface area contributed by atoms with Gasteiger partial charge in [0.2, 0.25) is 0 Å². The van der Waals surface area contributed by atoms with Crippen LogP contribution in [0.15, 0.2) is 0 Å². The van der Waals surface area contributed by atoms with Crippen molar-refractivity contribution in [3.63, 3.8) is 0 Å². The zero-order valence-corrected chi connectivity index (χ0v) is 14.5. The van der Waals surface area contributed by atoms with Crippen LogP contribution in [0.5, 0.6) is 0 Å². The maximum atomic E-state index is 0. The van der Waals surface area contributed by atoms with Gasteiger partial charge in [-0.3, -0.25) is 0 Å². The summed E-state index contributed by atoms with van der Waals surface area (Å²) in [6, 6.07) is 0. The van der Waals surface area contributed by atoms with E-state index in [2.05, 4.69) is 0 Å². The molecule has 0 aliphatic carbocycles. The van der Waals surface area contributed by atoms with Gasteiger partial charge in [-0.2, -0.15) is 0 Å². The predicted octanol–water partition coefficient (Wildman–Crippen LogP) is -0.383. The minimum Gasteiger partial charge on any atom is 0 e. The van der Waals surface area contributed by atoms with E-state index >= 15 is 0 Å². The van der Waals surface area contributed by atoms with E-state index in [-0.39, 0.29) is 125 Å². The topological polar surface area (TPSA) is 0 Å². The van der Waals surface area contributed by atoms with Gasteiger partial charge in [0, 0.05) is 125 Å². The molecule has 4 heavy (non-hydrogen) atoms. The maximum absolute atomic E-state index is 0. The Morgan fingerprint density at radius 3 is 1.00 bits per heavy atom. The molecule has 0 saturated carbocycles. The molecule has 0 aromatic heterocycles. The molecule has 17 valence electrons. The van der Waals surface area contributed by atoms with Crippen LogP contribution in [0.2, 0.25) is 0 Å². The zero-order chi connectivity index (χ0) is 0. The molecule has 0 nitrogen and oxygen atoms in total. The molecule has 0 unspecified atom stereocenters. The van der Waals surface area contributed by atoms with Gasteiger partial charge in [0.25, 0.3) is 0 Å². The molecule has 0 aliphatic heterocycles. The van der Waals surface area contributed by atoms with Crippen LogP contribution in [0, 0.1) is 75.5 Å². The van der Waals surface area contributed by atoms with E-state index in [0.717, 1.165) is 0 Å². The molecule has 0 heterocycles. The molecule has 3 radical (unpaired) electrons. The van der Waals surface area contributed by atoms with Crippen LogP contribution in [-0.4, -0.2) is 23.7 Å². The second-order valence-corrected chi connectivity index (χ2v) is 0. The molecule has 0 bridgehead atoms. The Hall–Kier alpha value is 4.19. The van der Waals surface area contributed by atoms with Gasteiger partial charge in [-0.15, -0.1) is 0 Å². The Kier molecular flexibility index (Phi) is 94.6. The Labute approximate surface area is 122 Å². The van der Waals surface area contributed by atoms with Crippen molar-refractivity contribution >= 4 is 23.7 Å². The fourth-order valence-corrected chi connectivity index (χ4v) is 0. The van der Waals surface area contributed by atoms with Gasteiger partial charge in [0.1, 0.15) is 0 Å². The number of hydrogen-bond acceptors (Lipinski definition) is 0. The van der Waals surface area contributed by atoms with Gasteiger partial charge in [-0.05, 0) is 0 Å². The summed E-state index contributed by atoms with van der Waals surface area (Å²) in [4.78, 5) is 0. The van der Waals surface area contributed by atoms with E-state index < -0.39 is 0 Å². The second-order valence-electron chi connectivity index (χ2n) is 0. The van der Waals surface area contributed by atoms with Crippen LogP contribution >= 0.6 is 0 Å². The van der Waals surface area contributed by atoms with Gasteiger partial charge < -0.3 is 0 Å². The van der Waals surface area contributed by atoms with Gasteiger partial charge >= 0.3 is 0 Å². The molecular formula is LaTeThZr. The quantitative estimate of drug-likeness (QED) is 0.338. The molecule has 0 fully saturated rings. The molecule has 0 atom stereocenters. The predicted molar refractivity (Wildman–Crippen MR) is 5.75 cm³/mol. The van der Waals surface area contributed by atoms with Crippen LogP contribution in [0.4, 0.5) is 0 Å².